The van der Waals surface area contributed by atoms with Crippen LogP contribution in [0.2, 0.25) is 5.82 Å². The molecule has 2 radical (unpaired) electrons. The number of aliphatic hydroxyl groups excluding tert-OH is 1. The van der Waals surface area contributed by atoms with Crippen LogP contribution in [0.25, 0.3) is 0 Å². The summed E-state index contributed by atoms with van der Waals surface area (Å²) in [5.41, 5.74) is 0. The molecule has 0 bridgehead atoms. The van der Waals surface area contributed by atoms with Gasteiger partial charge in [-0.1, -0.05) is 5.82 Å². The first-order chi connectivity index (χ1) is 5.24. The third-order valence-corrected chi connectivity index (χ3v) is 1.83. The average Bonchev–Trinajstić information content (AvgIpc) is 1.95. The molecule has 1 aliphatic rings. The molecule has 0 saturated carbocycles. The number of hydrogen-bond acceptors (Lipinski definition) is 3. The van der Waals surface area contributed by atoms with Crippen LogP contribution in [0.1, 0.15) is 6.42 Å². The van der Waals surface area contributed by atoms with Gasteiger partial charge in [-0.05, 0) is 6.42 Å². The molecule has 0 spiro atoms. The lowest BCUT2D eigenvalue weighted by molar-refractivity contribution is -0.100. The second-order valence-electron chi connectivity index (χ2n) is 2.89. The Balaban J connectivity index is 2.31. The second kappa shape index (κ2) is 4.09. The summed E-state index contributed by atoms with van der Waals surface area (Å²) in [6.07, 6.45) is -0.0629. The minimum Gasteiger partial charge on any atom is -0.390 e. The summed E-state index contributed by atoms with van der Waals surface area (Å²) in [4.78, 5) is 0. The Bertz CT molecular complexity index is 120. The van der Waals surface area contributed by atoms with Crippen molar-refractivity contribution < 1.29 is 14.6 Å². The molecule has 1 rings (SSSR count). The molecule has 0 aliphatic carbocycles. The third-order valence-electron chi connectivity index (χ3n) is 1.83. The Morgan fingerprint density at radius 1 is 1.73 bits per heavy atom. The van der Waals surface area contributed by atoms with Gasteiger partial charge in [-0.15, -0.1) is 0 Å². The summed E-state index contributed by atoms with van der Waals surface area (Å²) in [7, 11) is 7.15. The van der Waals surface area contributed by atoms with E-state index in [0.29, 0.717) is 19.6 Å². The molecule has 1 aliphatic heterocycles. The van der Waals surface area contributed by atoms with Crippen molar-refractivity contribution in [3.8, 4) is 0 Å². The predicted octanol–water partition coefficient (Wildman–Crippen LogP) is -0.260. The van der Waals surface area contributed by atoms with Crippen molar-refractivity contribution in [2.75, 3.05) is 20.3 Å². The van der Waals surface area contributed by atoms with E-state index in [1.165, 1.54) is 0 Å². The molecule has 11 heavy (non-hydrogen) atoms. The minimum atomic E-state index is -0.473. The molecule has 3 atom stereocenters. The van der Waals surface area contributed by atoms with Crippen molar-refractivity contribution in [1.82, 2.24) is 0 Å². The van der Waals surface area contributed by atoms with Gasteiger partial charge in [-0.25, -0.2) is 0 Å². The number of ether oxygens (including phenoxy) is 2. The van der Waals surface area contributed by atoms with Gasteiger partial charge in [0, 0.05) is 13.7 Å². The van der Waals surface area contributed by atoms with Gasteiger partial charge in [0.15, 0.2) is 0 Å². The zero-order valence-corrected chi connectivity index (χ0v) is 6.69. The zero-order valence-electron chi connectivity index (χ0n) is 6.69. The Kier molecular flexibility index (Phi) is 3.36. The molecule has 1 heterocycles. The van der Waals surface area contributed by atoms with E-state index in [0.717, 1.165) is 0 Å². The molecule has 0 aromatic rings. The Labute approximate surface area is 68.1 Å². The first kappa shape index (κ1) is 9.04. The van der Waals surface area contributed by atoms with E-state index in [1.54, 1.807) is 7.11 Å². The van der Waals surface area contributed by atoms with Crippen LogP contribution in [0, 0.1) is 0 Å². The van der Waals surface area contributed by atoms with Crippen LogP contribution >= 0.6 is 0 Å². The average molecular weight is 156 g/mol. The van der Waals surface area contributed by atoms with E-state index in [9.17, 15) is 5.11 Å². The number of aliphatic hydroxyl groups is 1. The van der Waals surface area contributed by atoms with Gasteiger partial charge in [0.25, 0.3) is 0 Å². The molecular formula is C7H13BO3. The van der Waals surface area contributed by atoms with Crippen molar-refractivity contribution in [3.63, 3.8) is 0 Å². The standard InChI is InChI=1S/C7H13BO3/c1-10-4-7-6(9)2-5(8)3-11-7/h5-7,9H,2-4H2,1H3. The lowest BCUT2D eigenvalue weighted by Gasteiger charge is -2.31. The molecule has 0 aromatic heterocycles. The van der Waals surface area contributed by atoms with Gasteiger partial charge in [-0.2, -0.15) is 0 Å². The van der Waals surface area contributed by atoms with Crippen molar-refractivity contribution >= 4 is 7.85 Å². The van der Waals surface area contributed by atoms with Gasteiger partial charge >= 0.3 is 0 Å². The van der Waals surface area contributed by atoms with Crippen LogP contribution in [-0.4, -0.2) is 45.5 Å². The highest BCUT2D eigenvalue weighted by Gasteiger charge is 2.26. The maximum absolute atomic E-state index is 9.39. The van der Waals surface area contributed by atoms with Crippen molar-refractivity contribution in [2.24, 2.45) is 0 Å². The maximum atomic E-state index is 9.39. The van der Waals surface area contributed by atoms with E-state index in [4.69, 9.17) is 17.3 Å². The Morgan fingerprint density at radius 2 is 2.45 bits per heavy atom. The lowest BCUT2D eigenvalue weighted by atomic mass is 9.80. The summed E-state index contributed by atoms with van der Waals surface area (Å²) < 4.78 is 10.1. The van der Waals surface area contributed by atoms with Gasteiger partial charge < -0.3 is 14.6 Å². The first-order valence-electron chi connectivity index (χ1n) is 3.78. The van der Waals surface area contributed by atoms with Crippen LogP contribution in [-0.2, 0) is 9.47 Å². The Hall–Kier alpha value is -0.0551. The monoisotopic (exact) mass is 156 g/mol. The van der Waals surface area contributed by atoms with E-state index in [2.05, 4.69) is 0 Å². The van der Waals surface area contributed by atoms with Gasteiger partial charge in [0.05, 0.1) is 20.6 Å². The molecule has 3 nitrogen and oxygen atoms in total. The minimum absolute atomic E-state index is 0.0295. The van der Waals surface area contributed by atoms with E-state index < -0.39 is 6.10 Å². The normalized spacial score (nSPS) is 38.9. The quantitative estimate of drug-likeness (QED) is 0.559. The van der Waals surface area contributed by atoms with Crippen molar-refractivity contribution in [3.05, 3.63) is 0 Å². The van der Waals surface area contributed by atoms with Crippen LogP contribution in [0.5, 0.6) is 0 Å². The fourth-order valence-electron chi connectivity index (χ4n) is 1.21. The molecule has 62 valence electrons. The molecule has 1 fully saturated rings. The molecular weight excluding hydrogens is 143 g/mol. The lowest BCUT2D eigenvalue weighted by Crippen LogP contribution is -2.39. The molecule has 0 amide bonds. The van der Waals surface area contributed by atoms with Gasteiger partial charge in [0.2, 0.25) is 0 Å². The largest absolute Gasteiger partial charge is 0.390 e. The highest BCUT2D eigenvalue weighted by Crippen LogP contribution is 2.21. The van der Waals surface area contributed by atoms with E-state index in [1.807, 2.05) is 0 Å². The maximum Gasteiger partial charge on any atom is 0.107 e. The number of methoxy groups -OCH3 is 1. The van der Waals surface area contributed by atoms with Crippen molar-refractivity contribution in [1.29, 1.82) is 0 Å². The van der Waals surface area contributed by atoms with Crippen LogP contribution in [0.15, 0.2) is 0 Å². The third kappa shape index (κ3) is 2.47. The predicted molar refractivity (Wildman–Crippen MR) is 41.7 cm³/mol. The summed E-state index contributed by atoms with van der Waals surface area (Å²) in [5, 5.41) is 9.39. The second-order valence-corrected chi connectivity index (χ2v) is 2.89. The number of hydrogen-bond donors (Lipinski definition) is 1. The highest BCUT2D eigenvalue weighted by atomic mass is 16.5. The summed E-state index contributed by atoms with van der Waals surface area (Å²) in [6, 6.07) is 0. The van der Waals surface area contributed by atoms with Crippen LogP contribution in [0.4, 0.5) is 0 Å². The van der Waals surface area contributed by atoms with Crippen molar-refractivity contribution in [2.45, 2.75) is 24.4 Å². The SMILES string of the molecule is [B]C1COC(COC)C(O)C1. The fourth-order valence-corrected chi connectivity index (χ4v) is 1.21. The molecule has 3 unspecified atom stereocenters. The summed E-state index contributed by atoms with van der Waals surface area (Å²) in [6.45, 7) is 0.957. The molecule has 1 N–H and O–H groups in total. The Morgan fingerprint density at radius 3 is 3.00 bits per heavy atom. The first-order valence-corrected chi connectivity index (χ1v) is 3.78. The van der Waals surface area contributed by atoms with Crippen LogP contribution in [0.3, 0.4) is 0 Å². The zero-order chi connectivity index (χ0) is 8.27. The highest BCUT2D eigenvalue weighted by molar-refractivity contribution is 6.11. The molecule has 4 heteroatoms. The molecule has 0 aromatic carbocycles. The summed E-state index contributed by atoms with van der Waals surface area (Å²) in [5.74, 6) is -0.0295. The van der Waals surface area contributed by atoms with E-state index >= 15 is 0 Å². The molecule has 1 saturated heterocycles. The number of rotatable bonds is 2. The van der Waals surface area contributed by atoms with E-state index in [-0.39, 0.29) is 11.9 Å². The van der Waals surface area contributed by atoms with Gasteiger partial charge in [-0.3, -0.25) is 0 Å². The smallest absolute Gasteiger partial charge is 0.107 e. The van der Waals surface area contributed by atoms with Crippen LogP contribution < -0.4 is 0 Å². The van der Waals surface area contributed by atoms with Gasteiger partial charge in [0.1, 0.15) is 6.10 Å². The summed E-state index contributed by atoms with van der Waals surface area (Å²) >= 11 is 0. The topological polar surface area (TPSA) is 38.7 Å². The fraction of sp³-hybridized carbons (Fsp3) is 1.00.